The number of benzene rings is 4. The van der Waals surface area contributed by atoms with Crippen molar-refractivity contribution < 1.29 is 48.8 Å². The van der Waals surface area contributed by atoms with Gasteiger partial charge in [-0.3, -0.25) is 0 Å². The van der Waals surface area contributed by atoms with Crippen LogP contribution < -0.4 is 0 Å². The first-order chi connectivity index (χ1) is 16.5. The Labute approximate surface area is 216 Å². The van der Waals surface area contributed by atoms with Crippen molar-refractivity contribution in [2.75, 3.05) is 0 Å². The molecule has 35 heavy (non-hydrogen) atoms. The van der Waals surface area contributed by atoms with E-state index in [9.17, 15) is 9.59 Å². The van der Waals surface area contributed by atoms with Crippen LogP contribution >= 0.6 is 0 Å². The number of hydrogen-bond donors (Lipinski definition) is 2. The van der Waals surface area contributed by atoms with Gasteiger partial charge < -0.3 is 19.7 Å². The van der Waals surface area contributed by atoms with Gasteiger partial charge in [0, 0.05) is 19.5 Å². The van der Waals surface area contributed by atoms with Crippen molar-refractivity contribution >= 4 is 11.9 Å². The topological polar surface area (TPSA) is 93.1 Å². The number of phenolic OH excluding ortho intramolecular Hbond substituents is 2. The molecular weight excluding hydrogens is 498 g/mol. The van der Waals surface area contributed by atoms with Crippen LogP contribution in [0.3, 0.4) is 0 Å². The van der Waals surface area contributed by atoms with Crippen LogP contribution in [0.1, 0.15) is 31.8 Å². The van der Waals surface area contributed by atoms with E-state index in [1.807, 2.05) is 60.7 Å². The molecule has 0 atom stereocenters. The molecule has 174 valence electrons. The predicted molar refractivity (Wildman–Crippen MR) is 127 cm³/mol. The molecular formula is C28H24O6Zn. The van der Waals surface area contributed by atoms with Gasteiger partial charge in [-0.05, 0) is 59.7 Å². The molecule has 4 rings (SSSR count). The second-order valence-corrected chi connectivity index (χ2v) is 7.22. The van der Waals surface area contributed by atoms with Crippen LogP contribution in [0.15, 0.2) is 109 Å². The number of aromatic hydroxyl groups is 2. The zero-order chi connectivity index (χ0) is 24.2. The summed E-state index contributed by atoms with van der Waals surface area (Å²) in [4.78, 5) is 23.3. The van der Waals surface area contributed by atoms with Crippen molar-refractivity contribution in [1.82, 2.24) is 0 Å². The fraction of sp³-hybridized carbons (Fsp3) is 0.0714. The van der Waals surface area contributed by atoms with E-state index < -0.39 is 11.9 Å². The van der Waals surface area contributed by atoms with Crippen LogP contribution in [-0.2, 0) is 42.2 Å². The van der Waals surface area contributed by atoms with Crippen LogP contribution in [0.2, 0.25) is 0 Å². The van der Waals surface area contributed by atoms with Gasteiger partial charge in [-0.1, -0.05) is 60.7 Å². The summed E-state index contributed by atoms with van der Waals surface area (Å²) in [6, 6.07) is 30.9. The summed E-state index contributed by atoms with van der Waals surface area (Å²) in [5.74, 6) is -0.531. The molecule has 0 saturated heterocycles. The van der Waals surface area contributed by atoms with Crippen LogP contribution in [0.5, 0.6) is 11.5 Å². The van der Waals surface area contributed by atoms with Gasteiger partial charge in [0.1, 0.15) is 24.7 Å². The molecule has 4 aromatic rings. The molecule has 0 bridgehead atoms. The molecule has 0 aliphatic rings. The van der Waals surface area contributed by atoms with Gasteiger partial charge in [0.05, 0.1) is 11.1 Å². The average Bonchev–Trinajstić information content (AvgIpc) is 2.88. The first kappa shape index (κ1) is 27.3. The molecule has 0 spiro atoms. The Morgan fingerprint density at radius 3 is 1.14 bits per heavy atom. The zero-order valence-corrected chi connectivity index (χ0v) is 22.0. The summed E-state index contributed by atoms with van der Waals surface area (Å²) in [6.45, 7) is 0.501. The van der Waals surface area contributed by atoms with Crippen molar-refractivity contribution in [3.05, 3.63) is 131 Å². The molecule has 0 aromatic heterocycles. The molecule has 0 radical (unpaired) electrons. The monoisotopic (exact) mass is 520 g/mol. The molecule has 0 amide bonds. The third-order valence-electron chi connectivity index (χ3n) is 4.63. The summed E-state index contributed by atoms with van der Waals surface area (Å²) in [5, 5.41) is 18.2. The fourth-order valence-electron chi connectivity index (χ4n) is 2.81. The summed E-state index contributed by atoms with van der Waals surface area (Å²) >= 11 is 0. The van der Waals surface area contributed by atoms with Gasteiger partial charge >= 0.3 is 11.9 Å². The smallest absolute Gasteiger partial charge is 0.338 e. The van der Waals surface area contributed by atoms with Crippen LogP contribution in [0.25, 0.3) is 0 Å². The second-order valence-electron chi connectivity index (χ2n) is 7.22. The van der Waals surface area contributed by atoms with E-state index in [0.29, 0.717) is 11.1 Å². The first-order valence-corrected chi connectivity index (χ1v) is 10.5. The Balaban J connectivity index is 0.000000240. The van der Waals surface area contributed by atoms with Crippen molar-refractivity contribution in [1.29, 1.82) is 0 Å². The van der Waals surface area contributed by atoms with E-state index in [0.717, 1.165) is 11.1 Å². The van der Waals surface area contributed by atoms with Crippen molar-refractivity contribution in [2.24, 2.45) is 0 Å². The van der Waals surface area contributed by atoms with Gasteiger partial charge in [-0.15, -0.1) is 0 Å². The van der Waals surface area contributed by atoms with Crippen LogP contribution in [0, 0.1) is 0 Å². The Hall–Kier alpha value is -3.96. The van der Waals surface area contributed by atoms with E-state index in [4.69, 9.17) is 19.7 Å². The summed E-state index contributed by atoms with van der Waals surface area (Å²) in [6.07, 6.45) is 0. The molecule has 0 unspecified atom stereocenters. The zero-order valence-electron chi connectivity index (χ0n) is 19.0. The van der Waals surface area contributed by atoms with E-state index in [1.165, 1.54) is 48.5 Å². The standard InChI is InChI=1S/2C14H12O3.Zn/c2*15-13-8-6-12(7-9-13)14(16)17-10-11-4-2-1-3-5-11;/h2*1-9,15H,10H2;. The number of phenols is 2. The van der Waals surface area contributed by atoms with Gasteiger partial charge in [0.25, 0.3) is 0 Å². The Kier molecular flexibility index (Phi) is 11.2. The summed E-state index contributed by atoms with van der Waals surface area (Å²) in [7, 11) is 0. The minimum atomic E-state index is -0.395. The molecule has 4 aromatic carbocycles. The van der Waals surface area contributed by atoms with E-state index in [-0.39, 0.29) is 44.2 Å². The second kappa shape index (κ2) is 14.3. The predicted octanol–water partition coefficient (Wildman–Crippen LogP) is 5.50. The summed E-state index contributed by atoms with van der Waals surface area (Å²) in [5.41, 5.74) is 2.75. The number of hydrogen-bond acceptors (Lipinski definition) is 6. The van der Waals surface area contributed by atoms with E-state index in [1.54, 1.807) is 0 Å². The Morgan fingerprint density at radius 1 is 0.514 bits per heavy atom. The summed E-state index contributed by atoms with van der Waals surface area (Å²) < 4.78 is 10.3. The molecule has 0 fully saturated rings. The van der Waals surface area contributed by atoms with Crippen LogP contribution in [-0.4, -0.2) is 22.2 Å². The molecule has 0 saturated carbocycles. The molecule has 6 nitrogen and oxygen atoms in total. The van der Waals surface area contributed by atoms with Gasteiger partial charge in [-0.2, -0.15) is 0 Å². The first-order valence-electron chi connectivity index (χ1n) is 10.5. The fourth-order valence-corrected chi connectivity index (χ4v) is 2.81. The largest absolute Gasteiger partial charge is 0.508 e. The number of rotatable bonds is 6. The van der Waals surface area contributed by atoms with Gasteiger partial charge in [-0.25, -0.2) is 9.59 Å². The normalized spacial score (nSPS) is 9.60. The maximum Gasteiger partial charge on any atom is 0.338 e. The van der Waals surface area contributed by atoms with Crippen LogP contribution in [0.4, 0.5) is 0 Å². The number of esters is 2. The number of carbonyl (C=O) groups is 2. The number of carbonyl (C=O) groups excluding carboxylic acids is 2. The quantitative estimate of drug-likeness (QED) is 0.257. The third kappa shape index (κ3) is 9.43. The minimum Gasteiger partial charge on any atom is -0.508 e. The molecule has 0 aliphatic carbocycles. The third-order valence-corrected chi connectivity index (χ3v) is 4.63. The Bertz CT molecular complexity index is 1080. The van der Waals surface area contributed by atoms with E-state index >= 15 is 0 Å². The minimum absolute atomic E-state index is 0. The SMILES string of the molecule is O=C(OCc1ccccc1)c1ccc(O)cc1.O=C(OCc1ccccc1)c1ccc(O)cc1.[Zn]. The molecule has 0 heterocycles. The molecule has 2 N–H and O–H groups in total. The van der Waals surface area contributed by atoms with E-state index in [2.05, 4.69) is 0 Å². The maximum absolute atomic E-state index is 11.6. The average molecular weight is 522 g/mol. The molecule has 7 heteroatoms. The van der Waals surface area contributed by atoms with Gasteiger partial charge in [0.2, 0.25) is 0 Å². The van der Waals surface area contributed by atoms with Gasteiger partial charge in [0.15, 0.2) is 0 Å². The Morgan fingerprint density at radius 2 is 0.829 bits per heavy atom. The van der Waals surface area contributed by atoms with Crippen molar-refractivity contribution in [3.63, 3.8) is 0 Å². The maximum atomic E-state index is 11.6. The van der Waals surface area contributed by atoms with Crippen molar-refractivity contribution in [3.8, 4) is 11.5 Å². The molecule has 0 aliphatic heterocycles. The number of ether oxygens (including phenoxy) is 2. The van der Waals surface area contributed by atoms with Crippen molar-refractivity contribution in [2.45, 2.75) is 13.2 Å².